The minimum Gasteiger partial charge on any atom is -0.481 e. The molecule has 0 aliphatic carbocycles. The molecule has 0 bridgehead atoms. The Kier molecular flexibility index (Phi) is 17.2. The Balaban J connectivity index is 3.63. The van der Waals surface area contributed by atoms with Crippen LogP contribution in [0.2, 0.25) is 0 Å². The molecule has 0 aliphatic rings. The maximum Gasteiger partial charge on any atom is 0.303 e. The number of hydrogen-bond acceptors (Lipinski definition) is 1. The summed E-state index contributed by atoms with van der Waals surface area (Å²) in [5, 5.41) is 8.56. The van der Waals surface area contributed by atoms with E-state index in [2.05, 4.69) is 74.6 Å². The van der Waals surface area contributed by atoms with Crippen LogP contribution >= 0.6 is 0 Å². The first-order valence-corrected chi connectivity index (χ1v) is 9.67. The highest BCUT2D eigenvalue weighted by atomic mass is 16.4. The number of aliphatic carboxylic acids is 1. The number of hydrogen-bond donors (Lipinski definition) is 1. The lowest BCUT2D eigenvalue weighted by molar-refractivity contribution is -0.137. The molecule has 0 aliphatic heterocycles. The smallest absolute Gasteiger partial charge is 0.303 e. The van der Waals surface area contributed by atoms with Gasteiger partial charge in [-0.3, -0.25) is 4.79 Å². The molecule has 0 rings (SSSR count). The summed E-state index contributed by atoms with van der Waals surface area (Å²) in [5.74, 6) is -0.145. The Bertz CT molecular complexity index is 453. The van der Waals surface area contributed by atoms with Crippen LogP contribution in [0.25, 0.3) is 0 Å². The highest BCUT2D eigenvalue weighted by molar-refractivity contribution is 5.66. The Morgan fingerprint density at radius 2 is 1.60 bits per heavy atom. The Morgan fingerprint density at radius 3 is 2.32 bits per heavy atom. The van der Waals surface area contributed by atoms with Crippen LogP contribution < -0.4 is 0 Å². The number of carboxylic acids is 1. The van der Waals surface area contributed by atoms with Crippen molar-refractivity contribution < 1.29 is 9.90 Å². The number of rotatable bonds is 15. The van der Waals surface area contributed by atoms with Crippen molar-refractivity contribution in [1.82, 2.24) is 0 Å². The summed E-state index contributed by atoms with van der Waals surface area (Å²) < 4.78 is 0. The number of carbonyl (C=O) groups is 1. The molecule has 0 aromatic carbocycles. The van der Waals surface area contributed by atoms with Crippen LogP contribution in [0.15, 0.2) is 60.8 Å². The predicted molar refractivity (Wildman–Crippen MR) is 110 cm³/mol. The Hall–Kier alpha value is -1.83. The van der Waals surface area contributed by atoms with Gasteiger partial charge in [0.2, 0.25) is 0 Å². The van der Waals surface area contributed by atoms with E-state index in [-0.39, 0.29) is 0 Å². The van der Waals surface area contributed by atoms with E-state index >= 15 is 0 Å². The van der Waals surface area contributed by atoms with Crippen molar-refractivity contribution in [3.05, 3.63) is 60.8 Å². The maximum absolute atomic E-state index is 10.4. The lowest BCUT2D eigenvalue weighted by Gasteiger charge is -2.00. The van der Waals surface area contributed by atoms with Crippen LogP contribution in [0.4, 0.5) is 0 Å². The van der Waals surface area contributed by atoms with E-state index in [9.17, 15) is 4.79 Å². The molecule has 1 unspecified atom stereocenters. The second-order valence-corrected chi connectivity index (χ2v) is 6.31. The molecule has 1 atom stereocenters. The van der Waals surface area contributed by atoms with Crippen molar-refractivity contribution in [2.45, 2.75) is 71.6 Å². The van der Waals surface area contributed by atoms with Crippen LogP contribution in [-0.4, -0.2) is 11.1 Å². The molecule has 0 saturated carbocycles. The average molecular weight is 345 g/mol. The molecule has 0 fully saturated rings. The summed E-state index contributed by atoms with van der Waals surface area (Å²) in [6, 6.07) is 0. The number of allylic oxidation sites excluding steroid dienone is 10. The van der Waals surface area contributed by atoms with Gasteiger partial charge in [-0.25, -0.2) is 0 Å². The highest BCUT2D eigenvalue weighted by Gasteiger charge is 1.95. The van der Waals surface area contributed by atoms with E-state index in [4.69, 9.17) is 5.11 Å². The van der Waals surface area contributed by atoms with Crippen LogP contribution in [0, 0.1) is 5.92 Å². The molecule has 25 heavy (non-hydrogen) atoms. The summed E-state index contributed by atoms with van der Waals surface area (Å²) >= 11 is 0. The molecule has 0 aromatic rings. The van der Waals surface area contributed by atoms with Gasteiger partial charge in [0.15, 0.2) is 0 Å². The minimum atomic E-state index is -0.689. The summed E-state index contributed by atoms with van der Waals surface area (Å²) in [6.45, 7) is 4.37. The molecule has 0 heterocycles. The first-order chi connectivity index (χ1) is 12.2. The highest BCUT2D eigenvalue weighted by Crippen LogP contribution is 2.08. The van der Waals surface area contributed by atoms with Crippen molar-refractivity contribution in [3.63, 3.8) is 0 Å². The third-order valence-electron chi connectivity index (χ3n) is 3.74. The molecule has 140 valence electrons. The van der Waals surface area contributed by atoms with Crippen LogP contribution in [-0.2, 0) is 4.79 Å². The third-order valence-corrected chi connectivity index (χ3v) is 3.74. The van der Waals surface area contributed by atoms with Gasteiger partial charge in [0.25, 0.3) is 0 Å². The fourth-order valence-electron chi connectivity index (χ4n) is 2.25. The largest absolute Gasteiger partial charge is 0.481 e. The van der Waals surface area contributed by atoms with Crippen LogP contribution in [0.3, 0.4) is 0 Å². The Morgan fingerprint density at radius 1 is 0.880 bits per heavy atom. The van der Waals surface area contributed by atoms with Gasteiger partial charge in [0.05, 0.1) is 0 Å². The van der Waals surface area contributed by atoms with Gasteiger partial charge < -0.3 is 5.11 Å². The Labute approximate surface area is 154 Å². The molecule has 0 spiro atoms. The summed E-state index contributed by atoms with van der Waals surface area (Å²) in [7, 11) is 0. The van der Waals surface area contributed by atoms with Gasteiger partial charge in [-0.15, -0.1) is 0 Å². The number of carboxylic acid groups (broad SMARTS) is 1. The molecular formula is C23H36O2. The monoisotopic (exact) mass is 344 g/mol. The maximum atomic E-state index is 10.4. The predicted octanol–water partition coefficient (Wildman–Crippen LogP) is 7.02. The van der Waals surface area contributed by atoms with Crippen molar-refractivity contribution in [1.29, 1.82) is 0 Å². The molecule has 0 amide bonds. The zero-order valence-corrected chi connectivity index (χ0v) is 16.1. The summed E-state index contributed by atoms with van der Waals surface area (Å²) in [6.07, 6.45) is 30.3. The lowest BCUT2D eigenvalue weighted by Crippen LogP contribution is -1.93. The van der Waals surface area contributed by atoms with Crippen molar-refractivity contribution in [3.8, 4) is 0 Å². The fraction of sp³-hybridized carbons (Fsp3) is 0.522. The molecule has 0 aromatic heterocycles. The van der Waals surface area contributed by atoms with E-state index in [1.807, 2.05) is 0 Å². The molecule has 2 heteroatoms. The molecule has 2 nitrogen and oxygen atoms in total. The SMILES string of the molecule is CCC=CCC=CCC=CC=CC(C)CC=CCCCCCC(=O)O. The van der Waals surface area contributed by atoms with Gasteiger partial charge in [-0.2, -0.15) is 0 Å². The van der Waals surface area contributed by atoms with E-state index in [1.165, 1.54) is 0 Å². The normalized spacial score (nSPS) is 14.0. The zero-order valence-electron chi connectivity index (χ0n) is 16.1. The molecule has 0 radical (unpaired) electrons. The third kappa shape index (κ3) is 20.1. The molecule has 1 N–H and O–H groups in total. The first-order valence-electron chi connectivity index (χ1n) is 9.67. The van der Waals surface area contributed by atoms with E-state index in [0.717, 1.165) is 51.4 Å². The van der Waals surface area contributed by atoms with Gasteiger partial charge in [0.1, 0.15) is 0 Å². The van der Waals surface area contributed by atoms with Crippen molar-refractivity contribution in [2.75, 3.05) is 0 Å². The van der Waals surface area contributed by atoms with Gasteiger partial charge in [-0.05, 0) is 50.9 Å². The average Bonchev–Trinajstić information content (AvgIpc) is 2.58. The number of unbranched alkanes of at least 4 members (excludes halogenated alkanes) is 3. The first kappa shape index (κ1) is 23.2. The van der Waals surface area contributed by atoms with E-state index < -0.39 is 5.97 Å². The molecule has 0 saturated heterocycles. The van der Waals surface area contributed by atoms with Crippen molar-refractivity contribution >= 4 is 5.97 Å². The zero-order chi connectivity index (χ0) is 18.6. The quantitative estimate of drug-likeness (QED) is 0.197. The minimum absolute atomic E-state index is 0.296. The topological polar surface area (TPSA) is 37.3 Å². The van der Waals surface area contributed by atoms with Gasteiger partial charge >= 0.3 is 5.97 Å². The fourth-order valence-corrected chi connectivity index (χ4v) is 2.25. The second kappa shape index (κ2) is 18.5. The standard InChI is InChI=1S/C23H36O2/c1-3-4-5-6-7-8-9-10-13-16-19-22(2)20-17-14-11-12-15-18-21-23(24)25/h4-5,7-8,10,13-14,16-17,19,22H,3,6,9,11-12,15,18,20-21H2,1-2H3,(H,24,25). The molecular weight excluding hydrogens is 308 g/mol. The van der Waals surface area contributed by atoms with E-state index in [1.54, 1.807) is 0 Å². The van der Waals surface area contributed by atoms with Gasteiger partial charge in [0, 0.05) is 6.42 Å². The van der Waals surface area contributed by atoms with E-state index in [0.29, 0.717) is 12.3 Å². The lowest BCUT2D eigenvalue weighted by atomic mass is 10.1. The van der Waals surface area contributed by atoms with Crippen molar-refractivity contribution in [2.24, 2.45) is 5.92 Å². The summed E-state index contributed by atoms with van der Waals surface area (Å²) in [5.41, 5.74) is 0. The van der Waals surface area contributed by atoms with Crippen LogP contribution in [0.5, 0.6) is 0 Å². The van der Waals surface area contributed by atoms with Crippen LogP contribution in [0.1, 0.15) is 71.6 Å². The summed E-state index contributed by atoms with van der Waals surface area (Å²) in [4.78, 5) is 10.4. The van der Waals surface area contributed by atoms with Gasteiger partial charge in [-0.1, -0.05) is 81.0 Å². The second-order valence-electron chi connectivity index (χ2n) is 6.31.